The van der Waals surface area contributed by atoms with E-state index in [0.29, 0.717) is 12.2 Å². The summed E-state index contributed by atoms with van der Waals surface area (Å²) >= 11 is 0. The first kappa shape index (κ1) is 9.58. The Morgan fingerprint density at radius 1 is 1.36 bits per heavy atom. The molecule has 0 spiro atoms. The minimum atomic E-state index is -0.582. The molecule has 14 heavy (non-hydrogen) atoms. The number of hydrogen-bond donors (Lipinski definition) is 1. The van der Waals surface area contributed by atoms with Gasteiger partial charge in [-0.15, -0.1) is 10.2 Å². The maximum absolute atomic E-state index is 10.2. The molecular formula is C9H16N4O. The van der Waals surface area contributed by atoms with Crippen LogP contribution in [0.25, 0.3) is 0 Å². The van der Waals surface area contributed by atoms with Crippen LogP contribution < -0.4 is 0 Å². The van der Waals surface area contributed by atoms with Crippen LogP contribution in [0.4, 0.5) is 0 Å². The standard InChI is InChI=1S/C9H16N4O/c1-13-11-8(10-12-13)7-9(14)5-3-2-4-6-9/h14H,2-7H2,1H3. The topological polar surface area (TPSA) is 63.8 Å². The van der Waals surface area contributed by atoms with Gasteiger partial charge in [0.15, 0.2) is 5.82 Å². The van der Waals surface area contributed by atoms with E-state index in [1.807, 2.05) is 0 Å². The molecule has 1 aromatic heterocycles. The predicted octanol–water partition coefficient (Wildman–Crippen LogP) is 0.448. The van der Waals surface area contributed by atoms with Crippen molar-refractivity contribution in [3.8, 4) is 0 Å². The molecule has 1 aliphatic rings. The Kier molecular flexibility index (Phi) is 2.50. The van der Waals surface area contributed by atoms with Crippen LogP contribution in [0.3, 0.4) is 0 Å². The molecule has 5 nitrogen and oxygen atoms in total. The molecule has 1 heterocycles. The molecule has 0 unspecified atom stereocenters. The number of rotatable bonds is 2. The van der Waals surface area contributed by atoms with Gasteiger partial charge in [0.25, 0.3) is 0 Å². The summed E-state index contributed by atoms with van der Waals surface area (Å²) in [7, 11) is 1.74. The Hall–Kier alpha value is -0.970. The van der Waals surface area contributed by atoms with Crippen molar-refractivity contribution in [3.05, 3.63) is 5.82 Å². The highest BCUT2D eigenvalue weighted by atomic mass is 16.3. The number of tetrazole rings is 1. The van der Waals surface area contributed by atoms with Crippen LogP contribution in [0.15, 0.2) is 0 Å². The Labute approximate surface area is 83.1 Å². The van der Waals surface area contributed by atoms with Gasteiger partial charge < -0.3 is 5.11 Å². The van der Waals surface area contributed by atoms with Gasteiger partial charge in [-0.1, -0.05) is 19.3 Å². The third kappa shape index (κ3) is 2.09. The van der Waals surface area contributed by atoms with Crippen molar-refractivity contribution >= 4 is 0 Å². The van der Waals surface area contributed by atoms with Crippen LogP contribution in [-0.4, -0.2) is 30.9 Å². The zero-order valence-corrected chi connectivity index (χ0v) is 8.48. The van der Waals surface area contributed by atoms with E-state index in [1.54, 1.807) is 7.05 Å². The van der Waals surface area contributed by atoms with Crippen molar-refractivity contribution in [2.45, 2.75) is 44.1 Å². The van der Waals surface area contributed by atoms with Crippen LogP contribution in [0.2, 0.25) is 0 Å². The lowest BCUT2D eigenvalue weighted by Crippen LogP contribution is -2.34. The number of aryl methyl sites for hydroxylation is 1. The lowest BCUT2D eigenvalue weighted by Gasteiger charge is -2.30. The molecule has 0 aromatic carbocycles. The molecule has 78 valence electrons. The van der Waals surface area contributed by atoms with Crippen molar-refractivity contribution in [3.63, 3.8) is 0 Å². The number of hydrogen-bond acceptors (Lipinski definition) is 4. The monoisotopic (exact) mass is 196 g/mol. The van der Waals surface area contributed by atoms with Gasteiger partial charge >= 0.3 is 0 Å². The maximum Gasteiger partial charge on any atom is 0.177 e. The van der Waals surface area contributed by atoms with E-state index in [9.17, 15) is 5.11 Å². The average molecular weight is 196 g/mol. The highest BCUT2D eigenvalue weighted by Crippen LogP contribution is 2.30. The smallest absolute Gasteiger partial charge is 0.177 e. The minimum Gasteiger partial charge on any atom is -0.389 e. The summed E-state index contributed by atoms with van der Waals surface area (Å²) in [5.74, 6) is 0.650. The molecule has 1 saturated carbocycles. The highest BCUT2D eigenvalue weighted by molar-refractivity contribution is 4.92. The van der Waals surface area contributed by atoms with E-state index in [1.165, 1.54) is 11.2 Å². The van der Waals surface area contributed by atoms with Crippen LogP contribution >= 0.6 is 0 Å². The molecule has 1 fully saturated rings. The normalized spacial score (nSPS) is 21.0. The van der Waals surface area contributed by atoms with Crippen molar-refractivity contribution in [1.29, 1.82) is 0 Å². The lowest BCUT2D eigenvalue weighted by molar-refractivity contribution is 0.00273. The molecule has 1 N–H and O–H groups in total. The molecule has 0 bridgehead atoms. The van der Waals surface area contributed by atoms with Gasteiger partial charge in [0.1, 0.15) is 0 Å². The van der Waals surface area contributed by atoms with E-state index in [4.69, 9.17) is 0 Å². The van der Waals surface area contributed by atoms with Crippen LogP contribution in [0, 0.1) is 0 Å². The van der Waals surface area contributed by atoms with Gasteiger partial charge in [-0.05, 0) is 18.1 Å². The molecule has 0 radical (unpaired) electrons. The fourth-order valence-electron chi connectivity index (χ4n) is 2.08. The fourth-order valence-corrected chi connectivity index (χ4v) is 2.08. The largest absolute Gasteiger partial charge is 0.389 e. The second kappa shape index (κ2) is 3.65. The SMILES string of the molecule is Cn1nnc(CC2(O)CCCCC2)n1. The van der Waals surface area contributed by atoms with Gasteiger partial charge in [-0.2, -0.15) is 4.80 Å². The molecule has 1 aromatic rings. The Morgan fingerprint density at radius 2 is 2.07 bits per heavy atom. The highest BCUT2D eigenvalue weighted by Gasteiger charge is 2.30. The third-order valence-corrected chi connectivity index (χ3v) is 2.82. The molecule has 0 atom stereocenters. The zero-order valence-electron chi connectivity index (χ0n) is 8.48. The number of aliphatic hydroxyl groups is 1. The molecule has 1 aliphatic carbocycles. The molecular weight excluding hydrogens is 180 g/mol. The molecule has 0 amide bonds. The summed E-state index contributed by atoms with van der Waals surface area (Å²) in [4.78, 5) is 1.43. The van der Waals surface area contributed by atoms with Gasteiger partial charge in [-0.25, -0.2) is 0 Å². The van der Waals surface area contributed by atoms with Crippen molar-refractivity contribution in [2.75, 3.05) is 0 Å². The summed E-state index contributed by atoms with van der Waals surface area (Å²) < 4.78 is 0. The summed E-state index contributed by atoms with van der Waals surface area (Å²) in [6, 6.07) is 0. The molecule has 0 aliphatic heterocycles. The quantitative estimate of drug-likeness (QED) is 0.745. The number of nitrogens with zero attached hydrogens (tertiary/aromatic N) is 4. The predicted molar refractivity (Wildman–Crippen MR) is 50.5 cm³/mol. The van der Waals surface area contributed by atoms with E-state index in [0.717, 1.165) is 25.7 Å². The molecule has 0 saturated heterocycles. The van der Waals surface area contributed by atoms with E-state index in [-0.39, 0.29) is 0 Å². The second-order valence-corrected chi connectivity index (χ2v) is 4.16. The average Bonchev–Trinajstić information content (AvgIpc) is 2.51. The van der Waals surface area contributed by atoms with E-state index >= 15 is 0 Å². The van der Waals surface area contributed by atoms with Crippen LogP contribution in [-0.2, 0) is 13.5 Å². The Morgan fingerprint density at radius 3 is 2.64 bits per heavy atom. The van der Waals surface area contributed by atoms with Crippen molar-refractivity contribution < 1.29 is 5.11 Å². The molecule has 2 rings (SSSR count). The van der Waals surface area contributed by atoms with Gasteiger partial charge in [0, 0.05) is 6.42 Å². The first-order valence-corrected chi connectivity index (χ1v) is 5.13. The van der Waals surface area contributed by atoms with Gasteiger partial charge in [-0.3, -0.25) is 0 Å². The first-order valence-electron chi connectivity index (χ1n) is 5.13. The summed E-state index contributed by atoms with van der Waals surface area (Å²) in [6.07, 6.45) is 5.72. The lowest BCUT2D eigenvalue weighted by atomic mass is 9.82. The zero-order chi connectivity index (χ0) is 10.0. The van der Waals surface area contributed by atoms with Crippen molar-refractivity contribution in [1.82, 2.24) is 20.2 Å². The Bertz CT molecular complexity index is 304. The van der Waals surface area contributed by atoms with Crippen LogP contribution in [0.5, 0.6) is 0 Å². The maximum atomic E-state index is 10.2. The Balaban J connectivity index is 2.01. The fraction of sp³-hybridized carbons (Fsp3) is 0.889. The van der Waals surface area contributed by atoms with Gasteiger partial charge in [0.05, 0.1) is 12.6 Å². The third-order valence-electron chi connectivity index (χ3n) is 2.82. The number of aromatic nitrogens is 4. The summed E-state index contributed by atoms with van der Waals surface area (Å²) in [6.45, 7) is 0. The summed E-state index contributed by atoms with van der Waals surface area (Å²) in [5.41, 5.74) is -0.582. The van der Waals surface area contributed by atoms with Crippen molar-refractivity contribution in [2.24, 2.45) is 7.05 Å². The molecule has 5 heteroatoms. The minimum absolute atomic E-state index is 0.543. The van der Waals surface area contributed by atoms with Crippen LogP contribution in [0.1, 0.15) is 37.9 Å². The first-order chi connectivity index (χ1) is 6.68. The van der Waals surface area contributed by atoms with E-state index < -0.39 is 5.60 Å². The second-order valence-electron chi connectivity index (χ2n) is 4.16. The summed E-state index contributed by atoms with van der Waals surface area (Å²) in [5, 5.41) is 22.0. The van der Waals surface area contributed by atoms with Gasteiger partial charge in [0.2, 0.25) is 0 Å². The van der Waals surface area contributed by atoms with E-state index in [2.05, 4.69) is 15.4 Å².